The van der Waals surface area contributed by atoms with Gasteiger partial charge in [-0.3, -0.25) is 9.78 Å². The Kier molecular flexibility index (Phi) is 6.15. The molecule has 0 spiro atoms. The third kappa shape index (κ3) is 4.70. The van der Waals surface area contributed by atoms with E-state index < -0.39 is 0 Å². The molecule has 0 aliphatic carbocycles. The first-order valence-electron chi connectivity index (χ1n) is 7.48. The van der Waals surface area contributed by atoms with Gasteiger partial charge >= 0.3 is 0 Å². The zero-order valence-corrected chi connectivity index (χ0v) is 14.1. The molecule has 21 heavy (non-hydrogen) atoms. The summed E-state index contributed by atoms with van der Waals surface area (Å²) in [6, 6.07) is 3.72. The predicted octanol–water partition coefficient (Wildman–Crippen LogP) is 2.32. The van der Waals surface area contributed by atoms with E-state index >= 15 is 0 Å². The summed E-state index contributed by atoms with van der Waals surface area (Å²) >= 11 is 0. The lowest BCUT2D eigenvalue weighted by Gasteiger charge is -2.33. The molecule has 118 valence electrons. The summed E-state index contributed by atoms with van der Waals surface area (Å²) in [5.41, 5.74) is 1.45. The van der Waals surface area contributed by atoms with E-state index in [2.05, 4.69) is 43.1 Å². The van der Waals surface area contributed by atoms with Crippen LogP contribution in [0.15, 0.2) is 18.3 Å². The number of rotatable bonds is 7. The molecule has 1 N–H and O–H groups in total. The maximum atomic E-state index is 12.3. The Morgan fingerprint density at radius 1 is 1.29 bits per heavy atom. The molecule has 0 aromatic carbocycles. The molecule has 1 aromatic rings. The van der Waals surface area contributed by atoms with Crippen LogP contribution in [-0.2, 0) is 0 Å². The third-order valence-corrected chi connectivity index (χ3v) is 3.97. The largest absolute Gasteiger partial charge is 0.383 e. The molecule has 0 saturated heterocycles. The quantitative estimate of drug-likeness (QED) is 0.838. The molecule has 5 heteroatoms. The van der Waals surface area contributed by atoms with E-state index in [0.717, 1.165) is 12.2 Å². The predicted molar refractivity (Wildman–Crippen MR) is 87.7 cm³/mol. The molecule has 0 saturated carbocycles. The molecule has 0 aliphatic heterocycles. The van der Waals surface area contributed by atoms with Crippen molar-refractivity contribution in [3.8, 4) is 0 Å². The summed E-state index contributed by atoms with van der Waals surface area (Å²) in [5.74, 6) is -0.0180. The maximum Gasteiger partial charge on any atom is 0.272 e. The summed E-state index contributed by atoms with van der Waals surface area (Å²) in [5, 5.41) is 3.38. The van der Waals surface area contributed by atoms with Crippen LogP contribution in [0.1, 0.15) is 38.2 Å². The van der Waals surface area contributed by atoms with Gasteiger partial charge in [-0.05, 0) is 53.9 Å². The van der Waals surface area contributed by atoms with Gasteiger partial charge in [0.2, 0.25) is 0 Å². The standard InChI is InChI=1S/C16H28N4O/c1-7-20(8-2)15(21)14-11-13(9-10-17-14)18-12-16(3,4)19(5)6/h9-11H,7-8,12H2,1-6H3,(H,17,18). The van der Waals surface area contributed by atoms with Crippen molar-refractivity contribution in [1.29, 1.82) is 0 Å². The number of aromatic nitrogens is 1. The number of hydrogen-bond donors (Lipinski definition) is 1. The van der Waals surface area contributed by atoms with Crippen molar-refractivity contribution in [3.05, 3.63) is 24.0 Å². The Morgan fingerprint density at radius 2 is 1.90 bits per heavy atom. The molecular formula is C16H28N4O. The van der Waals surface area contributed by atoms with Gasteiger partial charge < -0.3 is 15.1 Å². The number of pyridine rings is 1. The summed E-state index contributed by atoms with van der Waals surface area (Å²) in [7, 11) is 4.12. The second-order valence-electron chi connectivity index (χ2n) is 5.97. The summed E-state index contributed by atoms with van der Waals surface area (Å²) < 4.78 is 0. The SMILES string of the molecule is CCN(CC)C(=O)c1cc(NCC(C)(C)N(C)C)ccn1. The minimum atomic E-state index is -0.0180. The van der Waals surface area contributed by atoms with Gasteiger partial charge in [-0.25, -0.2) is 0 Å². The van der Waals surface area contributed by atoms with E-state index in [1.54, 1.807) is 11.1 Å². The van der Waals surface area contributed by atoms with Crippen LogP contribution in [0.5, 0.6) is 0 Å². The molecule has 0 bridgehead atoms. The molecule has 0 radical (unpaired) electrons. The van der Waals surface area contributed by atoms with Crippen molar-refractivity contribution in [3.63, 3.8) is 0 Å². The van der Waals surface area contributed by atoms with Crippen LogP contribution in [0.2, 0.25) is 0 Å². The number of likely N-dealkylation sites (N-methyl/N-ethyl adjacent to an activating group) is 1. The Balaban J connectivity index is 2.79. The Labute approximate surface area is 128 Å². The van der Waals surface area contributed by atoms with Crippen LogP contribution in [0.4, 0.5) is 5.69 Å². The van der Waals surface area contributed by atoms with Crippen LogP contribution in [0, 0.1) is 0 Å². The van der Waals surface area contributed by atoms with Gasteiger partial charge in [-0.2, -0.15) is 0 Å². The highest BCUT2D eigenvalue weighted by atomic mass is 16.2. The zero-order valence-electron chi connectivity index (χ0n) is 14.1. The van der Waals surface area contributed by atoms with Crippen LogP contribution in [0.25, 0.3) is 0 Å². The molecule has 0 aliphatic rings. The van der Waals surface area contributed by atoms with E-state index in [4.69, 9.17) is 0 Å². The lowest BCUT2D eigenvalue weighted by Crippen LogP contribution is -2.44. The molecule has 1 aromatic heterocycles. The zero-order chi connectivity index (χ0) is 16.0. The van der Waals surface area contributed by atoms with Gasteiger partial charge in [0.1, 0.15) is 5.69 Å². The van der Waals surface area contributed by atoms with Gasteiger partial charge in [0.05, 0.1) is 0 Å². The number of carbonyl (C=O) groups excluding carboxylic acids is 1. The number of amides is 1. The average molecular weight is 292 g/mol. The molecule has 0 unspecified atom stereocenters. The fourth-order valence-corrected chi connectivity index (χ4v) is 1.81. The first-order valence-corrected chi connectivity index (χ1v) is 7.48. The Morgan fingerprint density at radius 3 is 2.43 bits per heavy atom. The van der Waals surface area contributed by atoms with Crippen LogP contribution < -0.4 is 5.32 Å². The van der Waals surface area contributed by atoms with Crippen molar-refractivity contribution in [1.82, 2.24) is 14.8 Å². The topological polar surface area (TPSA) is 48.5 Å². The lowest BCUT2D eigenvalue weighted by molar-refractivity contribution is 0.0767. The summed E-state index contributed by atoms with van der Waals surface area (Å²) in [6.07, 6.45) is 1.68. The van der Waals surface area contributed by atoms with Crippen LogP contribution >= 0.6 is 0 Å². The van der Waals surface area contributed by atoms with Crippen LogP contribution in [0.3, 0.4) is 0 Å². The van der Waals surface area contributed by atoms with E-state index in [1.807, 2.05) is 26.0 Å². The molecule has 0 atom stereocenters. The molecular weight excluding hydrogens is 264 g/mol. The van der Waals surface area contributed by atoms with Crippen LogP contribution in [-0.4, -0.2) is 60.0 Å². The number of anilines is 1. The summed E-state index contributed by atoms with van der Waals surface area (Å²) in [6.45, 7) is 10.5. The second kappa shape index (κ2) is 7.41. The van der Waals surface area contributed by atoms with Gasteiger partial charge in [0, 0.05) is 37.1 Å². The van der Waals surface area contributed by atoms with Crippen molar-refractivity contribution < 1.29 is 4.79 Å². The normalized spacial score (nSPS) is 11.6. The smallest absolute Gasteiger partial charge is 0.272 e. The number of hydrogen-bond acceptors (Lipinski definition) is 4. The fraction of sp³-hybridized carbons (Fsp3) is 0.625. The van der Waals surface area contributed by atoms with Gasteiger partial charge in [0.25, 0.3) is 5.91 Å². The number of nitrogens with zero attached hydrogens (tertiary/aromatic N) is 3. The maximum absolute atomic E-state index is 12.3. The van der Waals surface area contributed by atoms with Gasteiger partial charge in [0.15, 0.2) is 0 Å². The van der Waals surface area contributed by atoms with E-state index in [1.165, 1.54) is 0 Å². The van der Waals surface area contributed by atoms with Crippen molar-refractivity contribution >= 4 is 11.6 Å². The highest BCUT2D eigenvalue weighted by Crippen LogP contribution is 2.14. The average Bonchev–Trinajstić information content (AvgIpc) is 2.46. The number of carbonyl (C=O) groups is 1. The Hall–Kier alpha value is -1.62. The lowest BCUT2D eigenvalue weighted by atomic mass is 10.0. The van der Waals surface area contributed by atoms with Gasteiger partial charge in [-0.1, -0.05) is 0 Å². The molecule has 1 amide bonds. The Bertz CT molecular complexity index is 467. The van der Waals surface area contributed by atoms with Gasteiger partial charge in [-0.15, -0.1) is 0 Å². The first kappa shape index (κ1) is 17.4. The highest BCUT2D eigenvalue weighted by molar-refractivity contribution is 5.93. The third-order valence-electron chi connectivity index (χ3n) is 3.97. The second-order valence-corrected chi connectivity index (χ2v) is 5.97. The van der Waals surface area contributed by atoms with Crippen molar-refractivity contribution in [2.75, 3.05) is 39.0 Å². The van der Waals surface area contributed by atoms with E-state index in [9.17, 15) is 4.79 Å². The van der Waals surface area contributed by atoms with E-state index in [-0.39, 0.29) is 11.4 Å². The molecule has 1 heterocycles. The monoisotopic (exact) mass is 292 g/mol. The van der Waals surface area contributed by atoms with Crippen molar-refractivity contribution in [2.45, 2.75) is 33.2 Å². The minimum absolute atomic E-state index is 0.0180. The first-order chi connectivity index (χ1) is 9.81. The molecule has 5 nitrogen and oxygen atoms in total. The number of nitrogens with one attached hydrogen (secondary N) is 1. The van der Waals surface area contributed by atoms with E-state index in [0.29, 0.717) is 18.8 Å². The molecule has 1 rings (SSSR count). The summed E-state index contributed by atoms with van der Waals surface area (Å²) in [4.78, 5) is 20.4. The van der Waals surface area contributed by atoms with Crippen molar-refractivity contribution in [2.24, 2.45) is 0 Å². The fourth-order valence-electron chi connectivity index (χ4n) is 1.81. The molecule has 0 fully saturated rings. The minimum Gasteiger partial charge on any atom is -0.383 e. The highest BCUT2D eigenvalue weighted by Gasteiger charge is 2.20.